The monoisotopic (exact) mass is 370 g/mol. The molecule has 0 radical (unpaired) electrons. The van der Waals surface area contributed by atoms with Crippen LogP contribution >= 0.6 is 0 Å². The Morgan fingerprint density at radius 3 is 2.15 bits per heavy atom. The maximum atomic E-state index is 12.2. The first kappa shape index (κ1) is 24.1. The second-order valence-corrected chi connectivity index (χ2v) is 7.82. The lowest BCUT2D eigenvalue weighted by Gasteiger charge is -2.27. The average Bonchev–Trinajstić information content (AvgIpc) is 2.60. The van der Waals surface area contributed by atoms with Crippen molar-refractivity contribution in [3.05, 3.63) is 12.7 Å². The van der Waals surface area contributed by atoms with E-state index in [0.717, 1.165) is 18.9 Å². The lowest BCUT2D eigenvalue weighted by Crippen LogP contribution is -2.34. The molecule has 150 valence electrons. The van der Waals surface area contributed by atoms with E-state index in [1.165, 1.54) is 0 Å². The molecule has 0 amide bonds. The molecule has 0 aliphatic heterocycles. The molecule has 0 fully saturated rings. The van der Waals surface area contributed by atoms with Crippen LogP contribution in [0.1, 0.15) is 66.7 Å². The van der Waals surface area contributed by atoms with Crippen molar-refractivity contribution < 1.29 is 28.6 Å². The van der Waals surface area contributed by atoms with Crippen LogP contribution in [0.5, 0.6) is 0 Å². The van der Waals surface area contributed by atoms with Gasteiger partial charge in [0.05, 0.1) is 18.6 Å². The summed E-state index contributed by atoms with van der Waals surface area (Å²) in [5.74, 6) is -1.15. The van der Waals surface area contributed by atoms with E-state index < -0.39 is 11.4 Å². The molecule has 0 rings (SSSR count). The van der Waals surface area contributed by atoms with Gasteiger partial charge in [-0.25, -0.2) is 4.79 Å². The highest BCUT2D eigenvalue weighted by molar-refractivity contribution is 5.81. The van der Waals surface area contributed by atoms with E-state index in [0.29, 0.717) is 26.1 Å². The summed E-state index contributed by atoms with van der Waals surface area (Å²) in [6, 6.07) is 0. The van der Waals surface area contributed by atoms with Crippen molar-refractivity contribution in [2.24, 2.45) is 10.8 Å². The summed E-state index contributed by atoms with van der Waals surface area (Å²) < 4.78 is 15.4. The molecule has 0 saturated heterocycles. The van der Waals surface area contributed by atoms with Gasteiger partial charge in [-0.1, -0.05) is 27.4 Å². The largest absolute Gasteiger partial charge is 0.465 e. The third kappa shape index (κ3) is 10.9. The zero-order chi connectivity index (χ0) is 20.2. The van der Waals surface area contributed by atoms with Crippen LogP contribution in [-0.4, -0.2) is 37.7 Å². The minimum atomic E-state index is -0.877. The predicted octanol–water partition coefficient (Wildman–Crippen LogP) is 3.82. The topological polar surface area (TPSA) is 78.9 Å². The van der Waals surface area contributed by atoms with Gasteiger partial charge < -0.3 is 14.2 Å². The van der Waals surface area contributed by atoms with Gasteiger partial charge in [-0.05, 0) is 44.9 Å². The van der Waals surface area contributed by atoms with Gasteiger partial charge in [-0.3, -0.25) is 9.59 Å². The van der Waals surface area contributed by atoms with Gasteiger partial charge >= 0.3 is 17.9 Å². The van der Waals surface area contributed by atoms with Crippen LogP contribution < -0.4 is 0 Å². The molecule has 0 unspecified atom stereocenters. The van der Waals surface area contributed by atoms with Crippen LogP contribution in [0.3, 0.4) is 0 Å². The maximum Gasteiger partial charge on any atom is 0.330 e. The lowest BCUT2D eigenvalue weighted by atomic mass is 9.91. The third-order valence-corrected chi connectivity index (χ3v) is 4.13. The molecule has 0 heterocycles. The Kier molecular flexibility index (Phi) is 10.9. The molecular formula is C20H34O6. The zero-order valence-corrected chi connectivity index (χ0v) is 16.9. The van der Waals surface area contributed by atoms with E-state index in [4.69, 9.17) is 14.2 Å². The number of esters is 3. The summed E-state index contributed by atoms with van der Waals surface area (Å²) in [4.78, 5) is 34.8. The first-order valence-electron chi connectivity index (χ1n) is 9.16. The van der Waals surface area contributed by atoms with E-state index in [2.05, 4.69) is 6.58 Å². The molecule has 0 aromatic carbocycles. The minimum absolute atomic E-state index is 0.00579. The van der Waals surface area contributed by atoms with E-state index in [1.807, 2.05) is 20.8 Å². The third-order valence-electron chi connectivity index (χ3n) is 4.13. The highest BCUT2D eigenvalue weighted by atomic mass is 16.6. The second-order valence-electron chi connectivity index (χ2n) is 7.82. The van der Waals surface area contributed by atoms with Gasteiger partial charge in [0.15, 0.2) is 0 Å². The van der Waals surface area contributed by atoms with Gasteiger partial charge in [-0.15, -0.1) is 0 Å². The Labute approximate surface area is 157 Å². The second kappa shape index (κ2) is 11.7. The van der Waals surface area contributed by atoms with Crippen molar-refractivity contribution in [1.82, 2.24) is 0 Å². The van der Waals surface area contributed by atoms with Gasteiger partial charge in [-0.2, -0.15) is 0 Å². The average molecular weight is 370 g/mol. The van der Waals surface area contributed by atoms with Crippen molar-refractivity contribution in [3.8, 4) is 0 Å². The zero-order valence-electron chi connectivity index (χ0n) is 16.9. The van der Waals surface area contributed by atoms with Crippen molar-refractivity contribution in [3.63, 3.8) is 0 Å². The summed E-state index contributed by atoms with van der Waals surface area (Å²) in [6.45, 7) is 13.5. The molecule has 26 heavy (non-hydrogen) atoms. The first-order chi connectivity index (χ1) is 12.0. The smallest absolute Gasteiger partial charge is 0.330 e. The Morgan fingerprint density at radius 2 is 1.58 bits per heavy atom. The number of hydrogen-bond acceptors (Lipinski definition) is 6. The van der Waals surface area contributed by atoms with Gasteiger partial charge in [0, 0.05) is 12.5 Å². The summed E-state index contributed by atoms with van der Waals surface area (Å²) in [7, 11) is 0. The van der Waals surface area contributed by atoms with Crippen LogP contribution in [0.4, 0.5) is 0 Å². The molecule has 0 spiro atoms. The highest BCUT2D eigenvalue weighted by Gasteiger charge is 2.32. The lowest BCUT2D eigenvalue weighted by molar-refractivity contribution is -0.164. The molecule has 0 bridgehead atoms. The Hall–Kier alpha value is -1.85. The standard InChI is InChI=1S/C20H34O6/c1-7-16(21)24-13-11-9-10-12-17(22)25-15-20(5,6)18(23)26-14-19(3,4)8-2/h7H,1,8-15H2,2-6H3. The summed E-state index contributed by atoms with van der Waals surface area (Å²) in [5.41, 5.74) is -0.944. The maximum absolute atomic E-state index is 12.2. The van der Waals surface area contributed by atoms with Crippen LogP contribution in [0.15, 0.2) is 12.7 Å². The predicted molar refractivity (Wildman–Crippen MR) is 99.4 cm³/mol. The van der Waals surface area contributed by atoms with Crippen molar-refractivity contribution in [2.45, 2.75) is 66.7 Å². The molecule has 6 heteroatoms. The summed E-state index contributed by atoms with van der Waals surface area (Å²) in [6.07, 6.45) is 4.36. The SMILES string of the molecule is C=CC(=O)OCCCCCC(=O)OCC(C)(C)C(=O)OCC(C)(C)CC. The molecule has 0 aliphatic rings. The van der Waals surface area contributed by atoms with E-state index in [9.17, 15) is 14.4 Å². The van der Waals surface area contributed by atoms with Gasteiger partial charge in [0.1, 0.15) is 6.61 Å². The first-order valence-corrected chi connectivity index (χ1v) is 9.16. The quantitative estimate of drug-likeness (QED) is 0.212. The molecule has 0 N–H and O–H groups in total. The fourth-order valence-corrected chi connectivity index (χ4v) is 1.73. The molecule has 6 nitrogen and oxygen atoms in total. The van der Waals surface area contributed by atoms with Crippen LogP contribution in [0.2, 0.25) is 0 Å². The molecule has 0 aromatic rings. The minimum Gasteiger partial charge on any atom is -0.465 e. The number of hydrogen-bond donors (Lipinski definition) is 0. The van der Waals surface area contributed by atoms with Gasteiger partial charge in [0.25, 0.3) is 0 Å². The van der Waals surface area contributed by atoms with Crippen LogP contribution in [-0.2, 0) is 28.6 Å². The number of ether oxygens (including phenoxy) is 3. The molecular weight excluding hydrogens is 336 g/mol. The molecule has 0 atom stereocenters. The summed E-state index contributed by atoms with van der Waals surface area (Å²) in [5, 5.41) is 0. The molecule has 0 aromatic heterocycles. The van der Waals surface area contributed by atoms with Gasteiger partial charge in [0.2, 0.25) is 0 Å². The Bertz CT molecular complexity index is 479. The van der Waals surface area contributed by atoms with Crippen molar-refractivity contribution in [1.29, 1.82) is 0 Å². The van der Waals surface area contributed by atoms with E-state index >= 15 is 0 Å². The van der Waals surface area contributed by atoms with Crippen molar-refractivity contribution in [2.75, 3.05) is 19.8 Å². The van der Waals surface area contributed by atoms with Crippen molar-refractivity contribution >= 4 is 17.9 Å². The number of carbonyl (C=O) groups is 3. The Morgan fingerprint density at radius 1 is 0.923 bits per heavy atom. The summed E-state index contributed by atoms with van der Waals surface area (Å²) >= 11 is 0. The fourth-order valence-electron chi connectivity index (χ4n) is 1.73. The number of rotatable bonds is 13. The normalized spacial score (nSPS) is 11.6. The highest BCUT2D eigenvalue weighted by Crippen LogP contribution is 2.24. The van der Waals surface area contributed by atoms with E-state index in [-0.39, 0.29) is 30.4 Å². The van der Waals surface area contributed by atoms with Crippen LogP contribution in [0, 0.1) is 10.8 Å². The number of unbranched alkanes of at least 4 members (excludes halogenated alkanes) is 2. The fraction of sp³-hybridized carbons (Fsp3) is 0.750. The molecule has 0 saturated carbocycles. The van der Waals surface area contributed by atoms with E-state index in [1.54, 1.807) is 13.8 Å². The molecule has 0 aliphatic carbocycles. The number of carbonyl (C=O) groups excluding carboxylic acids is 3. The Balaban J connectivity index is 3.99. The van der Waals surface area contributed by atoms with Crippen LogP contribution in [0.25, 0.3) is 0 Å².